The maximum absolute atomic E-state index is 11.8. The second-order valence-electron chi connectivity index (χ2n) is 5.30. The first kappa shape index (κ1) is 16.9. The molecule has 0 aliphatic heterocycles. The van der Waals surface area contributed by atoms with Crippen molar-refractivity contribution in [3.05, 3.63) is 77.2 Å². The number of aromatic nitrogens is 2. The van der Waals surface area contributed by atoms with Crippen LogP contribution in [0.5, 0.6) is 0 Å². The largest absolute Gasteiger partial charge is 0.352 e. The van der Waals surface area contributed by atoms with Crippen LogP contribution < -0.4 is 5.32 Å². The van der Waals surface area contributed by atoms with Gasteiger partial charge in [0.15, 0.2) is 0 Å². The van der Waals surface area contributed by atoms with Crippen LogP contribution in [0.3, 0.4) is 0 Å². The molecule has 2 aromatic carbocycles. The lowest BCUT2D eigenvalue weighted by molar-refractivity contribution is -0.116. The number of rotatable bonds is 6. The normalized spacial score (nSPS) is 10.9. The van der Waals surface area contributed by atoms with Gasteiger partial charge in [0.05, 0.1) is 0 Å². The number of halogens is 1. The Labute approximate surface area is 150 Å². The van der Waals surface area contributed by atoms with Crippen molar-refractivity contribution in [2.75, 3.05) is 6.54 Å². The van der Waals surface area contributed by atoms with Crippen LogP contribution in [-0.4, -0.2) is 22.6 Å². The summed E-state index contributed by atoms with van der Waals surface area (Å²) in [7, 11) is 0. The molecule has 0 atom stereocenters. The summed E-state index contributed by atoms with van der Waals surface area (Å²) < 4.78 is 5.20. The topological polar surface area (TPSA) is 68.0 Å². The maximum atomic E-state index is 11.8. The van der Waals surface area contributed by atoms with Gasteiger partial charge in [0, 0.05) is 29.6 Å². The zero-order valence-electron chi connectivity index (χ0n) is 13.4. The van der Waals surface area contributed by atoms with Gasteiger partial charge in [-0.25, -0.2) is 0 Å². The van der Waals surface area contributed by atoms with Crippen molar-refractivity contribution in [2.45, 2.75) is 6.42 Å². The van der Waals surface area contributed by atoms with Crippen LogP contribution in [0.2, 0.25) is 5.02 Å². The lowest BCUT2D eigenvalue weighted by Gasteiger charge is -1.98. The Kier molecular flexibility index (Phi) is 5.59. The summed E-state index contributed by atoms with van der Waals surface area (Å²) >= 11 is 5.86. The van der Waals surface area contributed by atoms with E-state index in [4.69, 9.17) is 16.1 Å². The molecule has 0 radical (unpaired) electrons. The van der Waals surface area contributed by atoms with E-state index in [1.54, 1.807) is 18.2 Å². The van der Waals surface area contributed by atoms with Crippen LogP contribution in [0, 0.1) is 0 Å². The quantitative estimate of drug-likeness (QED) is 0.685. The Bertz CT molecular complexity index is 858. The van der Waals surface area contributed by atoms with Crippen molar-refractivity contribution in [3.8, 4) is 11.4 Å². The molecule has 1 N–H and O–H groups in total. The molecular weight excluding hydrogens is 338 g/mol. The zero-order valence-corrected chi connectivity index (χ0v) is 14.1. The summed E-state index contributed by atoms with van der Waals surface area (Å²) in [6.07, 6.45) is 3.73. The van der Waals surface area contributed by atoms with Gasteiger partial charge in [-0.3, -0.25) is 4.79 Å². The Balaban J connectivity index is 1.48. The van der Waals surface area contributed by atoms with Crippen LogP contribution in [-0.2, 0) is 11.2 Å². The molecule has 25 heavy (non-hydrogen) atoms. The van der Waals surface area contributed by atoms with Crippen LogP contribution in [0.25, 0.3) is 17.5 Å². The Morgan fingerprint density at radius 3 is 2.64 bits per heavy atom. The number of amides is 1. The molecular formula is C19H16ClN3O2. The SMILES string of the molecule is O=C(/C=C/c1ccccc1)NCCc1nc(-c2ccc(Cl)cc2)no1. The summed E-state index contributed by atoms with van der Waals surface area (Å²) in [6.45, 7) is 0.417. The van der Waals surface area contributed by atoms with E-state index in [0.29, 0.717) is 29.7 Å². The second-order valence-corrected chi connectivity index (χ2v) is 5.74. The minimum atomic E-state index is -0.165. The van der Waals surface area contributed by atoms with Gasteiger partial charge in [-0.2, -0.15) is 4.98 Å². The molecule has 0 unspecified atom stereocenters. The standard InChI is InChI=1S/C19H16ClN3O2/c20-16-9-7-15(8-10-16)19-22-18(25-23-19)12-13-21-17(24)11-6-14-4-2-1-3-5-14/h1-11H,12-13H2,(H,21,24)/b11-6+. The lowest BCUT2D eigenvalue weighted by Crippen LogP contribution is -2.23. The minimum absolute atomic E-state index is 0.165. The van der Waals surface area contributed by atoms with Gasteiger partial charge in [-0.1, -0.05) is 47.1 Å². The first-order valence-corrected chi connectivity index (χ1v) is 8.18. The molecule has 0 saturated carbocycles. The van der Waals surface area contributed by atoms with Gasteiger partial charge >= 0.3 is 0 Å². The van der Waals surface area contributed by atoms with Crippen molar-refractivity contribution in [2.24, 2.45) is 0 Å². The molecule has 1 heterocycles. The molecule has 0 bridgehead atoms. The second kappa shape index (κ2) is 8.26. The molecule has 0 fully saturated rings. The molecule has 126 valence electrons. The summed E-state index contributed by atoms with van der Waals surface area (Å²) in [4.78, 5) is 16.1. The van der Waals surface area contributed by atoms with Gasteiger partial charge < -0.3 is 9.84 Å². The average molecular weight is 354 g/mol. The molecule has 1 amide bonds. The number of hydrogen-bond donors (Lipinski definition) is 1. The Morgan fingerprint density at radius 1 is 1.12 bits per heavy atom. The number of benzene rings is 2. The number of carbonyl (C=O) groups is 1. The van der Waals surface area contributed by atoms with Gasteiger partial charge in [-0.15, -0.1) is 0 Å². The third kappa shape index (κ3) is 5.02. The van der Waals surface area contributed by atoms with E-state index >= 15 is 0 Å². The van der Waals surface area contributed by atoms with E-state index in [-0.39, 0.29) is 5.91 Å². The van der Waals surface area contributed by atoms with Crippen molar-refractivity contribution in [1.29, 1.82) is 0 Å². The molecule has 0 saturated heterocycles. The van der Waals surface area contributed by atoms with E-state index in [2.05, 4.69) is 15.5 Å². The van der Waals surface area contributed by atoms with Crippen molar-refractivity contribution in [1.82, 2.24) is 15.5 Å². The van der Waals surface area contributed by atoms with Crippen molar-refractivity contribution >= 4 is 23.6 Å². The summed E-state index contributed by atoms with van der Waals surface area (Å²) in [5.41, 5.74) is 1.80. The molecule has 0 spiro atoms. The fourth-order valence-corrected chi connectivity index (χ4v) is 2.29. The maximum Gasteiger partial charge on any atom is 0.244 e. The fraction of sp³-hybridized carbons (Fsp3) is 0.105. The summed E-state index contributed by atoms with van der Waals surface area (Å²) in [6, 6.07) is 16.8. The summed E-state index contributed by atoms with van der Waals surface area (Å²) in [5, 5.41) is 7.37. The predicted molar refractivity (Wildman–Crippen MR) is 96.9 cm³/mol. The highest BCUT2D eigenvalue weighted by Gasteiger charge is 2.08. The average Bonchev–Trinajstić information content (AvgIpc) is 3.10. The molecule has 0 aliphatic carbocycles. The molecule has 3 rings (SSSR count). The minimum Gasteiger partial charge on any atom is -0.352 e. The third-order valence-corrected chi connectivity index (χ3v) is 3.69. The smallest absolute Gasteiger partial charge is 0.244 e. The van der Waals surface area contributed by atoms with Crippen LogP contribution in [0.4, 0.5) is 0 Å². The third-order valence-electron chi connectivity index (χ3n) is 3.44. The van der Waals surface area contributed by atoms with Crippen molar-refractivity contribution in [3.63, 3.8) is 0 Å². The van der Waals surface area contributed by atoms with E-state index in [1.807, 2.05) is 42.5 Å². The van der Waals surface area contributed by atoms with Gasteiger partial charge in [-0.05, 0) is 35.9 Å². The first-order valence-electron chi connectivity index (χ1n) is 7.80. The summed E-state index contributed by atoms with van der Waals surface area (Å²) in [5.74, 6) is 0.806. The lowest BCUT2D eigenvalue weighted by atomic mass is 10.2. The highest BCUT2D eigenvalue weighted by molar-refractivity contribution is 6.30. The Morgan fingerprint density at radius 2 is 1.88 bits per heavy atom. The molecule has 0 aliphatic rings. The van der Waals surface area contributed by atoms with Crippen LogP contribution in [0.1, 0.15) is 11.5 Å². The molecule has 6 heteroatoms. The van der Waals surface area contributed by atoms with Crippen molar-refractivity contribution < 1.29 is 9.32 Å². The highest BCUT2D eigenvalue weighted by atomic mass is 35.5. The van der Waals surface area contributed by atoms with E-state index < -0.39 is 0 Å². The zero-order chi connectivity index (χ0) is 17.5. The number of nitrogens with one attached hydrogen (secondary N) is 1. The molecule has 5 nitrogen and oxygen atoms in total. The highest BCUT2D eigenvalue weighted by Crippen LogP contribution is 2.18. The number of carbonyl (C=O) groups excluding carboxylic acids is 1. The Hall–Kier alpha value is -2.92. The van der Waals surface area contributed by atoms with Crippen LogP contribution in [0.15, 0.2) is 65.2 Å². The first-order chi connectivity index (χ1) is 12.2. The van der Waals surface area contributed by atoms with Crippen LogP contribution >= 0.6 is 11.6 Å². The monoisotopic (exact) mass is 353 g/mol. The predicted octanol–water partition coefficient (Wildman–Crippen LogP) is 3.76. The van der Waals surface area contributed by atoms with E-state index in [1.165, 1.54) is 6.08 Å². The molecule has 3 aromatic rings. The number of nitrogens with zero attached hydrogens (tertiary/aromatic N) is 2. The van der Waals surface area contributed by atoms with Gasteiger partial charge in [0.25, 0.3) is 0 Å². The number of hydrogen-bond acceptors (Lipinski definition) is 4. The molecule has 1 aromatic heterocycles. The fourth-order valence-electron chi connectivity index (χ4n) is 2.16. The van der Waals surface area contributed by atoms with E-state index in [0.717, 1.165) is 11.1 Å². The van der Waals surface area contributed by atoms with E-state index in [9.17, 15) is 4.79 Å². The van der Waals surface area contributed by atoms with Gasteiger partial charge in [0.2, 0.25) is 17.6 Å². The van der Waals surface area contributed by atoms with Gasteiger partial charge in [0.1, 0.15) is 0 Å².